The molecule has 3 rings (SSSR count). The third kappa shape index (κ3) is 2.54. The van der Waals surface area contributed by atoms with Crippen molar-refractivity contribution in [1.82, 2.24) is 10.3 Å². The van der Waals surface area contributed by atoms with E-state index in [2.05, 4.69) is 10.3 Å². The van der Waals surface area contributed by atoms with Crippen LogP contribution in [0.3, 0.4) is 0 Å². The van der Waals surface area contributed by atoms with Gasteiger partial charge in [0.1, 0.15) is 5.82 Å². The predicted molar refractivity (Wildman–Crippen MR) is 66.8 cm³/mol. The number of halogens is 2. The van der Waals surface area contributed by atoms with E-state index in [1.165, 1.54) is 37.2 Å². The largest absolute Gasteiger partial charge is 0.439 e. The molecule has 1 aliphatic carbocycles. The van der Waals surface area contributed by atoms with Crippen molar-refractivity contribution in [2.45, 2.75) is 25.4 Å². The molecule has 2 aromatic rings. The van der Waals surface area contributed by atoms with Crippen LogP contribution >= 0.6 is 11.6 Å². The molecule has 1 heterocycles. The zero-order chi connectivity index (χ0) is 12.5. The number of rotatable bonds is 4. The Morgan fingerprint density at radius 2 is 2.28 bits per heavy atom. The number of aromatic nitrogens is 1. The predicted octanol–water partition coefficient (Wildman–Crippen LogP) is 3.39. The van der Waals surface area contributed by atoms with Crippen molar-refractivity contribution in [1.29, 1.82) is 0 Å². The lowest BCUT2D eigenvalue weighted by Crippen LogP contribution is -2.15. The van der Waals surface area contributed by atoms with Crippen LogP contribution < -0.4 is 5.32 Å². The van der Waals surface area contributed by atoms with Crippen LogP contribution in [-0.4, -0.2) is 11.0 Å². The van der Waals surface area contributed by atoms with Crippen LogP contribution in [0.4, 0.5) is 4.39 Å². The summed E-state index contributed by atoms with van der Waals surface area (Å²) < 4.78 is 19.1. The van der Waals surface area contributed by atoms with Gasteiger partial charge in [-0.2, -0.15) is 0 Å². The van der Waals surface area contributed by atoms with E-state index >= 15 is 0 Å². The molecule has 1 aromatic heterocycles. The number of nitrogens with zero attached hydrogens (tertiary/aromatic N) is 1. The first kappa shape index (κ1) is 11.7. The fraction of sp³-hybridized carbons (Fsp3) is 0.308. The van der Waals surface area contributed by atoms with Gasteiger partial charge in [0, 0.05) is 11.1 Å². The molecule has 1 fully saturated rings. The van der Waals surface area contributed by atoms with Crippen LogP contribution in [0.1, 0.15) is 18.7 Å². The fourth-order valence-electron chi connectivity index (χ4n) is 1.72. The molecule has 0 atom stereocenters. The zero-order valence-corrected chi connectivity index (χ0v) is 10.4. The highest BCUT2D eigenvalue weighted by Gasteiger charge is 2.21. The van der Waals surface area contributed by atoms with Gasteiger partial charge in [0.25, 0.3) is 0 Å². The Morgan fingerprint density at radius 3 is 3.06 bits per heavy atom. The van der Waals surface area contributed by atoms with Crippen LogP contribution in [0.2, 0.25) is 5.02 Å². The Balaban J connectivity index is 1.80. The molecule has 18 heavy (non-hydrogen) atoms. The van der Waals surface area contributed by atoms with Crippen molar-refractivity contribution < 1.29 is 8.81 Å². The first-order valence-electron chi connectivity index (χ1n) is 5.86. The zero-order valence-electron chi connectivity index (χ0n) is 9.62. The lowest BCUT2D eigenvalue weighted by Gasteiger charge is -2.00. The summed E-state index contributed by atoms with van der Waals surface area (Å²) in [7, 11) is 0. The van der Waals surface area contributed by atoms with Gasteiger partial charge in [-0.3, -0.25) is 0 Å². The van der Waals surface area contributed by atoms with E-state index in [4.69, 9.17) is 16.0 Å². The molecule has 0 aliphatic heterocycles. The quantitative estimate of drug-likeness (QED) is 0.922. The summed E-state index contributed by atoms with van der Waals surface area (Å²) in [5, 5.41) is 3.76. The van der Waals surface area contributed by atoms with Gasteiger partial charge < -0.3 is 9.73 Å². The minimum atomic E-state index is -0.364. The normalized spacial score (nSPS) is 15.0. The average Bonchev–Trinajstić information content (AvgIpc) is 3.08. The van der Waals surface area contributed by atoms with Gasteiger partial charge in [-0.1, -0.05) is 11.6 Å². The fourth-order valence-corrected chi connectivity index (χ4v) is 1.89. The monoisotopic (exact) mass is 266 g/mol. The highest BCUT2D eigenvalue weighted by atomic mass is 35.5. The van der Waals surface area contributed by atoms with Crippen molar-refractivity contribution in [3.8, 4) is 11.3 Å². The second-order valence-electron chi connectivity index (χ2n) is 4.40. The lowest BCUT2D eigenvalue weighted by molar-refractivity contribution is 0.474. The molecule has 0 spiro atoms. The Kier molecular flexibility index (Phi) is 3.06. The molecule has 1 N–H and O–H groups in total. The molecule has 0 radical (unpaired) electrons. The Labute approximate surface area is 109 Å². The van der Waals surface area contributed by atoms with Crippen molar-refractivity contribution >= 4 is 11.6 Å². The molecule has 0 bridgehead atoms. The number of hydrogen-bond acceptors (Lipinski definition) is 3. The maximum absolute atomic E-state index is 13.6. The standard InChI is InChI=1S/C13H12ClFN2O/c14-8-1-4-11(15)10(5-8)12-6-17-13(18-12)7-16-9-2-3-9/h1,4-6,9,16H,2-3,7H2. The molecule has 5 heteroatoms. The van der Waals surface area contributed by atoms with Crippen LogP contribution in [0, 0.1) is 5.82 Å². The Bertz CT molecular complexity index is 566. The first-order valence-corrected chi connectivity index (χ1v) is 6.23. The average molecular weight is 267 g/mol. The summed E-state index contributed by atoms with van der Waals surface area (Å²) in [4.78, 5) is 4.12. The summed E-state index contributed by atoms with van der Waals surface area (Å²) in [5.41, 5.74) is 0.340. The van der Waals surface area contributed by atoms with Gasteiger partial charge in [-0.15, -0.1) is 0 Å². The summed E-state index contributed by atoms with van der Waals surface area (Å²) in [5.74, 6) is 0.608. The Hall–Kier alpha value is -1.39. The highest BCUT2D eigenvalue weighted by molar-refractivity contribution is 6.30. The molecule has 0 amide bonds. The second kappa shape index (κ2) is 4.71. The number of hydrogen-bond donors (Lipinski definition) is 1. The van der Waals surface area contributed by atoms with Crippen molar-refractivity contribution in [3.63, 3.8) is 0 Å². The number of benzene rings is 1. The topological polar surface area (TPSA) is 38.1 Å². The van der Waals surface area contributed by atoms with Gasteiger partial charge in [0.05, 0.1) is 18.3 Å². The van der Waals surface area contributed by atoms with E-state index in [1.54, 1.807) is 0 Å². The van der Waals surface area contributed by atoms with Crippen LogP contribution in [0.25, 0.3) is 11.3 Å². The molecular weight excluding hydrogens is 255 g/mol. The van der Waals surface area contributed by atoms with Gasteiger partial charge in [0.2, 0.25) is 5.89 Å². The molecule has 1 aliphatic rings. The van der Waals surface area contributed by atoms with E-state index in [1.807, 2.05) is 0 Å². The van der Waals surface area contributed by atoms with Crippen molar-refractivity contribution in [2.75, 3.05) is 0 Å². The van der Waals surface area contributed by atoms with E-state index in [0.717, 1.165) is 0 Å². The van der Waals surface area contributed by atoms with Crippen LogP contribution in [-0.2, 0) is 6.54 Å². The van der Waals surface area contributed by atoms with Crippen molar-refractivity contribution in [3.05, 3.63) is 41.1 Å². The number of nitrogens with one attached hydrogen (secondary N) is 1. The van der Waals surface area contributed by atoms with Crippen LogP contribution in [0.15, 0.2) is 28.8 Å². The van der Waals surface area contributed by atoms with Crippen LogP contribution in [0.5, 0.6) is 0 Å². The van der Waals surface area contributed by atoms with Gasteiger partial charge >= 0.3 is 0 Å². The summed E-state index contributed by atoms with van der Waals surface area (Å²) in [6, 6.07) is 4.95. The third-order valence-electron chi connectivity index (χ3n) is 2.87. The SMILES string of the molecule is Fc1ccc(Cl)cc1-c1cnc(CNC2CC2)o1. The maximum Gasteiger partial charge on any atom is 0.208 e. The molecule has 1 aromatic carbocycles. The summed E-state index contributed by atoms with van der Waals surface area (Å²) >= 11 is 5.84. The molecule has 1 saturated carbocycles. The van der Waals surface area contributed by atoms with E-state index < -0.39 is 0 Å². The summed E-state index contributed by atoms with van der Waals surface area (Å²) in [6.45, 7) is 0.576. The van der Waals surface area contributed by atoms with E-state index in [0.29, 0.717) is 34.8 Å². The molecule has 0 saturated heterocycles. The minimum Gasteiger partial charge on any atom is -0.439 e. The molecule has 94 valence electrons. The molecule has 0 unspecified atom stereocenters. The van der Waals surface area contributed by atoms with Crippen molar-refractivity contribution in [2.24, 2.45) is 0 Å². The second-order valence-corrected chi connectivity index (χ2v) is 4.83. The first-order chi connectivity index (χ1) is 8.72. The molecule has 3 nitrogen and oxygen atoms in total. The van der Waals surface area contributed by atoms with E-state index in [-0.39, 0.29) is 5.82 Å². The molecular formula is C13H12ClFN2O. The summed E-state index contributed by atoms with van der Waals surface area (Å²) in [6.07, 6.45) is 3.94. The Morgan fingerprint density at radius 1 is 1.44 bits per heavy atom. The lowest BCUT2D eigenvalue weighted by atomic mass is 10.2. The number of oxazole rings is 1. The van der Waals surface area contributed by atoms with Gasteiger partial charge in [-0.25, -0.2) is 9.37 Å². The van der Waals surface area contributed by atoms with Gasteiger partial charge in [-0.05, 0) is 31.0 Å². The minimum absolute atomic E-state index is 0.340. The highest BCUT2D eigenvalue weighted by Crippen LogP contribution is 2.27. The third-order valence-corrected chi connectivity index (χ3v) is 3.10. The smallest absolute Gasteiger partial charge is 0.208 e. The van der Waals surface area contributed by atoms with Gasteiger partial charge in [0.15, 0.2) is 5.76 Å². The maximum atomic E-state index is 13.6. The van der Waals surface area contributed by atoms with E-state index in [9.17, 15) is 4.39 Å².